The topological polar surface area (TPSA) is 68.9 Å². The van der Waals surface area contributed by atoms with Crippen molar-refractivity contribution in [3.8, 4) is 0 Å². The van der Waals surface area contributed by atoms with Gasteiger partial charge in [-0.1, -0.05) is 0 Å². The Kier molecular flexibility index (Phi) is 2.47. The van der Waals surface area contributed by atoms with Crippen LogP contribution in [0.3, 0.4) is 0 Å². The number of carbonyl (C=O) groups is 1. The zero-order valence-corrected chi connectivity index (χ0v) is 6.07. The molecule has 0 radical (unpaired) electrons. The van der Waals surface area contributed by atoms with Gasteiger partial charge in [0.2, 0.25) is 5.91 Å². The van der Waals surface area contributed by atoms with Crippen LogP contribution in [-0.4, -0.2) is 15.9 Å². The third-order valence-corrected chi connectivity index (χ3v) is 1.08. The molecule has 0 bridgehead atoms. The summed E-state index contributed by atoms with van der Waals surface area (Å²) in [7, 11) is 0. The van der Waals surface area contributed by atoms with Crippen molar-refractivity contribution in [2.75, 3.05) is 0 Å². The second kappa shape index (κ2) is 3.56. The maximum absolute atomic E-state index is 12.1. The molecule has 1 aromatic rings. The van der Waals surface area contributed by atoms with Crippen molar-refractivity contribution in [1.82, 2.24) is 9.97 Å². The van der Waals surface area contributed by atoms with E-state index in [4.69, 9.17) is 5.73 Å². The van der Waals surface area contributed by atoms with Gasteiger partial charge in [0.15, 0.2) is 0 Å². The van der Waals surface area contributed by atoms with E-state index in [1.807, 2.05) is 0 Å². The minimum atomic E-state index is -0.800. The standard InChI is InChI=1S/C7H6FN3O/c8-7-10-3-5(4-11-7)1-2-6(9)12/h1-4H,(H2,9,12). The molecule has 0 aliphatic rings. The van der Waals surface area contributed by atoms with Crippen LogP contribution < -0.4 is 5.73 Å². The van der Waals surface area contributed by atoms with E-state index in [1.54, 1.807) is 0 Å². The molecule has 0 saturated heterocycles. The van der Waals surface area contributed by atoms with E-state index in [2.05, 4.69) is 9.97 Å². The van der Waals surface area contributed by atoms with Crippen molar-refractivity contribution in [2.24, 2.45) is 5.73 Å². The van der Waals surface area contributed by atoms with Gasteiger partial charge in [-0.25, -0.2) is 9.97 Å². The first kappa shape index (κ1) is 8.32. The van der Waals surface area contributed by atoms with Crippen LogP contribution in [0.2, 0.25) is 0 Å². The Morgan fingerprint density at radius 2 is 2.08 bits per heavy atom. The predicted molar refractivity (Wildman–Crippen MR) is 40.2 cm³/mol. The van der Waals surface area contributed by atoms with Crippen LogP contribution in [-0.2, 0) is 4.79 Å². The number of halogens is 1. The molecule has 0 unspecified atom stereocenters. The van der Waals surface area contributed by atoms with E-state index in [0.29, 0.717) is 5.56 Å². The summed E-state index contributed by atoms with van der Waals surface area (Å²) in [5, 5.41) is 0. The minimum absolute atomic E-state index is 0.523. The van der Waals surface area contributed by atoms with Gasteiger partial charge in [-0.05, 0) is 6.08 Å². The van der Waals surface area contributed by atoms with Crippen LogP contribution >= 0.6 is 0 Å². The second-order valence-electron chi connectivity index (χ2n) is 2.02. The summed E-state index contributed by atoms with van der Waals surface area (Å²) >= 11 is 0. The SMILES string of the molecule is NC(=O)C=Cc1cnc(F)nc1. The van der Waals surface area contributed by atoms with Gasteiger partial charge in [-0.2, -0.15) is 4.39 Å². The number of hydrogen-bond donors (Lipinski definition) is 1. The summed E-state index contributed by atoms with van der Waals surface area (Å²) in [4.78, 5) is 16.8. The zero-order valence-electron chi connectivity index (χ0n) is 6.07. The molecule has 0 aliphatic heterocycles. The molecule has 0 atom stereocenters. The summed E-state index contributed by atoms with van der Waals surface area (Å²) < 4.78 is 12.1. The molecule has 4 nitrogen and oxygen atoms in total. The molecule has 0 aromatic carbocycles. The Morgan fingerprint density at radius 3 is 2.58 bits per heavy atom. The average Bonchev–Trinajstić information content (AvgIpc) is 2.03. The summed E-state index contributed by atoms with van der Waals surface area (Å²) in [5.41, 5.74) is 5.35. The number of hydrogen-bond acceptors (Lipinski definition) is 3. The smallest absolute Gasteiger partial charge is 0.308 e. The van der Waals surface area contributed by atoms with Crippen molar-refractivity contribution in [3.63, 3.8) is 0 Å². The molecule has 2 N–H and O–H groups in total. The van der Waals surface area contributed by atoms with Gasteiger partial charge < -0.3 is 5.73 Å². The number of amides is 1. The summed E-state index contributed by atoms with van der Waals surface area (Å²) in [6.07, 6.45) is 4.26. The summed E-state index contributed by atoms with van der Waals surface area (Å²) in [5.74, 6) is -0.570. The Bertz CT molecular complexity index is 307. The van der Waals surface area contributed by atoms with E-state index in [0.717, 1.165) is 6.08 Å². The molecule has 0 aliphatic carbocycles. The fourth-order valence-corrected chi connectivity index (χ4v) is 0.587. The lowest BCUT2D eigenvalue weighted by atomic mass is 10.3. The zero-order chi connectivity index (χ0) is 8.97. The molecular weight excluding hydrogens is 161 g/mol. The Morgan fingerprint density at radius 1 is 1.50 bits per heavy atom. The van der Waals surface area contributed by atoms with Crippen molar-refractivity contribution in [3.05, 3.63) is 30.1 Å². The number of nitrogens with zero attached hydrogens (tertiary/aromatic N) is 2. The molecule has 12 heavy (non-hydrogen) atoms. The van der Waals surface area contributed by atoms with Crippen molar-refractivity contribution in [1.29, 1.82) is 0 Å². The first-order valence-corrected chi connectivity index (χ1v) is 3.13. The predicted octanol–water partition coefficient (Wildman–Crippen LogP) is 0.114. The molecule has 5 heteroatoms. The van der Waals surface area contributed by atoms with Crippen molar-refractivity contribution in [2.45, 2.75) is 0 Å². The van der Waals surface area contributed by atoms with Crippen LogP contribution in [0.25, 0.3) is 6.08 Å². The molecule has 1 heterocycles. The normalized spacial score (nSPS) is 10.4. The molecule has 1 aromatic heterocycles. The number of primary amides is 1. The van der Waals surface area contributed by atoms with E-state index < -0.39 is 12.0 Å². The van der Waals surface area contributed by atoms with E-state index in [1.165, 1.54) is 18.5 Å². The molecular formula is C7H6FN3O. The quantitative estimate of drug-likeness (QED) is 0.502. The highest BCUT2D eigenvalue weighted by Crippen LogP contribution is 1.97. The highest BCUT2D eigenvalue weighted by atomic mass is 19.1. The van der Waals surface area contributed by atoms with Crippen molar-refractivity contribution >= 4 is 12.0 Å². The Labute approximate surface area is 67.9 Å². The molecule has 0 saturated carbocycles. The lowest BCUT2D eigenvalue weighted by Gasteiger charge is -1.89. The largest absolute Gasteiger partial charge is 0.366 e. The average molecular weight is 167 g/mol. The first-order valence-electron chi connectivity index (χ1n) is 3.13. The first-order chi connectivity index (χ1) is 5.68. The Hall–Kier alpha value is -1.78. The molecule has 1 amide bonds. The van der Waals surface area contributed by atoms with Gasteiger partial charge >= 0.3 is 6.08 Å². The number of carbonyl (C=O) groups excluding carboxylic acids is 1. The maximum Gasteiger partial charge on any atom is 0.308 e. The lowest BCUT2D eigenvalue weighted by Crippen LogP contribution is -2.05. The number of aromatic nitrogens is 2. The van der Waals surface area contributed by atoms with Gasteiger partial charge in [0, 0.05) is 24.0 Å². The molecule has 62 valence electrons. The monoisotopic (exact) mass is 167 g/mol. The second-order valence-corrected chi connectivity index (χ2v) is 2.02. The van der Waals surface area contributed by atoms with E-state index >= 15 is 0 Å². The highest BCUT2D eigenvalue weighted by molar-refractivity contribution is 5.90. The number of nitrogens with two attached hydrogens (primary N) is 1. The molecule has 1 rings (SSSR count). The fraction of sp³-hybridized carbons (Fsp3) is 0. The minimum Gasteiger partial charge on any atom is -0.366 e. The van der Waals surface area contributed by atoms with Crippen LogP contribution in [0.1, 0.15) is 5.56 Å². The highest BCUT2D eigenvalue weighted by Gasteiger charge is 1.91. The summed E-state index contributed by atoms with van der Waals surface area (Å²) in [6.45, 7) is 0. The van der Waals surface area contributed by atoms with E-state index in [9.17, 15) is 9.18 Å². The maximum atomic E-state index is 12.1. The van der Waals surface area contributed by atoms with Gasteiger partial charge in [0.25, 0.3) is 0 Å². The van der Waals surface area contributed by atoms with Gasteiger partial charge in [0.05, 0.1) is 0 Å². The van der Waals surface area contributed by atoms with Crippen LogP contribution in [0.4, 0.5) is 4.39 Å². The van der Waals surface area contributed by atoms with Crippen LogP contribution in [0.15, 0.2) is 18.5 Å². The van der Waals surface area contributed by atoms with Crippen molar-refractivity contribution < 1.29 is 9.18 Å². The summed E-state index contributed by atoms with van der Waals surface area (Å²) in [6, 6.07) is 0. The number of rotatable bonds is 2. The van der Waals surface area contributed by atoms with Gasteiger partial charge in [-0.3, -0.25) is 4.79 Å². The Balaban J connectivity index is 2.77. The van der Waals surface area contributed by atoms with Crippen LogP contribution in [0.5, 0.6) is 0 Å². The van der Waals surface area contributed by atoms with Gasteiger partial charge in [-0.15, -0.1) is 0 Å². The lowest BCUT2D eigenvalue weighted by molar-refractivity contribution is -0.113. The fourth-order valence-electron chi connectivity index (χ4n) is 0.587. The van der Waals surface area contributed by atoms with Gasteiger partial charge in [0.1, 0.15) is 0 Å². The van der Waals surface area contributed by atoms with Crippen LogP contribution in [0, 0.1) is 6.08 Å². The third-order valence-electron chi connectivity index (χ3n) is 1.08. The van der Waals surface area contributed by atoms with E-state index in [-0.39, 0.29) is 0 Å². The molecule has 0 spiro atoms. The molecule has 0 fully saturated rings. The third kappa shape index (κ3) is 2.45.